The molecule has 3 amide bonds. The van der Waals surface area contributed by atoms with Gasteiger partial charge in [0.25, 0.3) is 5.91 Å². The fourth-order valence-corrected chi connectivity index (χ4v) is 2.75. The number of nitrogens with one attached hydrogen (secondary N) is 2. The molecule has 1 fully saturated rings. The summed E-state index contributed by atoms with van der Waals surface area (Å²) in [5, 5.41) is 6.58. The Labute approximate surface area is 170 Å². The van der Waals surface area contributed by atoms with E-state index in [9.17, 15) is 14.4 Å². The Hall–Kier alpha value is -2.94. The van der Waals surface area contributed by atoms with Gasteiger partial charge in [-0.25, -0.2) is 5.43 Å². The Morgan fingerprint density at radius 1 is 1.24 bits per heavy atom. The number of hydrogen-bond acceptors (Lipinski definition) is 6. The van der Waals surface area contributed by atoms with Crippen LogP contribution in [-0.2, 0) is 19.1 Å². The van der Waals surface area contributed by atoms with Gasteiger partial charge in [0.15, 0.2) is 6.61 Å². The Balaban J connectivity index is 1.72. The molecular formula is C20H28N4O5. The van der Waals surface area contributed by atoms with Gasteiger partial charge in [-0.2, -0.15) is 5.10 Å². The predicted octanol–water partition coefficient (Wildman–Crippen LogP) is 0.679. The van der Waals surface area contributed by atoms with Crippen LogP contribution in [0.1, 0.15) is 32.3 Å². The van der Waals surface area contributed by atoms with Gasteiger partial charge in [0.2, 0.25) is 0 Å². The highest BCUT2D eigenvalue weighted by atomic mass is 16.5. The number of hydrazone groups is 1. The third-order valence-corrected chi connectivity index (χ3v) is 4.43. The minimum absolute atomic E-state index is 0.0797. The smallest absolute Gasteiger partial charge is 0.329 e. The lowest BCUT2D eigenvalue weighted by molar-refractivity contribution is -0.145. The summed E-state index contributed by atoms with van der Waals surface area (Å²) in [4.78, 5) is 36.8. The van der Waals surface area contributed by atoms with E-state index < -0.39 is 11.8 Å². The number of rotatable bonds is 9. The van der Waals surface area contributed by atoms with Gasteiger partial charge in [-0.15, -0.1) is 0 Å². The number of likely N-dealkylation sites (N-methyl/N-ethyl adjacent to an activating group) is 1. The van der Waals surface area contributed by atoms with Crippen LogP contribution in [0.5, 0.6) is 5.75 Å². The van der Waals surface area contributed by atoms with E-state index in [1.165, 1.54) is 11.1 Å². The zero-order valence-electron chi connectivity index (χ0n) is 16.8. The lowest BCUT2D eigenvalue weighted by atomic mass is 10.2. The first-order valence-corrected chi connectivity index (χ1v) is 9.77. The minimum atomic E-state index is -0.779. The SMILES string of the molecule is CCN(CC)C(=O)C(=O)N/N=C\c1ccc(OCC(=O)NC[C@@H]2CCCO2)cc1. The molecule has 0 aromatic heterocycles. The van der Waals surface area contributed by atoms with Crippen LogP contribution in [0.4, 0.5) is 0 Å². The molecule has 0 bridgehead atoms. The topological polar surface area (TPSA) is 109 Å². The first-order valence-electron chi connectivity index (χ1n) is 9.77. The van der Waals surface area contributed by atoms with Crippen molar-refractivity contribution in [2.75, 3.05) is 32.8 Å². The van der Waals surface area contributed by atoms with Crippen LogP contribution in [0.3, 0.4) is 0 Å². The molecule has 1 aliphatic rings. The second-order valence-corrected chi connectivity index (χ2v) is 6.47. The molecule has 9 heteroatoms. The molecule has 1 aromatic carbocycles. The fraction of sp³-hybridized carbons (Fsp3) is 0.500. The number of carbonyl (C=O) groups excluding carboxylic acids is 3. The van der Waals surface area contributed by atoms with Crippen molar-refractivity contribution in [3.05, 3.63) is 29.8 Å². The molecule has 0 unspecified atom stereocenters. The summed E-state index contributed by atoms with van der Waals surface area (Å²) in [5.41, 5.74) is 2.92. The number of hydrogen-bond donors (Lipinski definition) is 2. The second-order valence-electron chi connectivity index (χ2n) is 6.47. The lowest BCUT2D eigenvalue weighted by Gasteiger charge is -2.16. The summed E-state index contributed by atoms with van der Waals surface area (Å²) in [5.74, 6) is -1.06. The van der Waals surface area contributed by atoms with Crippen LogP contribution in [0.2, 0.25) is 0 Å². The van der Waals surface area contributed by atoms with E-state index in [1.807, 2.05) is 0 Å². The lowest BCUT2D eigenvalue weighted by Crippen LogP contribution is -2.41. The first kappa shape index (κ1) is 22.4. The van der Waals surface area contributed by atoms with Gasteiger partial charge in [-0.3, -0.25) is 14.4 Å². The Kier molecular flexibility index (Phi) is 9.10. The molecule has 0 radical (unpaired) electrons. The Morgan fingerprint density at radius 2 is 1.97 bits per heavy atom. The maximum absolute atomic E-state index is 11.8. The van der Waals surface area contributed by atoms with Crippen molar-refractivity contribution in [1.29, 1.82) is 0 Å². The largest absolute Gasteiger partial charge is 0.484 e. The molecule has 9 nitrogen and oxygen atoms in total. The van der Waals surface area contributed by atoms with Crippen molar-refractivity contribution in [2.24, 2.45) is 5.10 Å². The normalized spacial score (nSPS) is 15.9. The van der Waals surface area contributed by atoms with Crippen molar-refractivity contribution in [1.82, 2.24) is 15.6 Å². The standard InChI is InChI=1S/C20H28N4O5/c1-3-24(4-2)20(27)19(26)23-22-12-15-7-9-16(10-8-15)29-14-18(25)21-13-17-6-5-11-28-17/h7-10,12,17H,3-6,11,13-14H2,1-2H3,(H,21,25)(H,23,26)/b22-12-/t17-/m0/s1. The van der Waals surface area contributed by atoms with Gasteiger partial charge in [0.05, 0.1) is 12.3 Å². The maximum Gasteiger partial charge on any atom is 0.329 e. The van der Waals surface area contributed by atoms with E-state index in [0.717, 1.165) is 19.4 Å². The van der Waals surface area contributed by atoms with Crippen LogP contribution >= 0.6 is 0 Å². The number of amides is 3. The van der Waals surface area contributed by atoms with Gasteiger partial charge < -0.3 is 19.7 Å². The van der Waals surface area contributed by atoms with E-state index in [2.05, 4.69) is 15.8 Å². The highest BCUT2D eigenvalue weighted by Gasteiger charge is 2.18. The highest BCUT2D eigenvalue weighted by molar-refractivity contribution is 6.34. The molecule has 0 aliphatic carbocycles. The molecule has 1 heterocycles. The number of carbonyl (C=O) groups is 3. The summed E-state index contributed by atoms with van der Waals surface area (Å²) in [6.45, 7) is 5.69. The third kappa shape index (κ3) is 7.53. The molecule has 0 spiro atoms. The molecule has 29 heavy (non-hydrogen) atoms. The molecule has 0 saturated carbocycles. The van der Waals surface area contributed by atoms with Gasteiger partial charge in [-0.1, -0.05) is 0 Å². The number of nitrogens with zero attached hydrogens (tertiary/aromatic N) is 2. The molecule has 1 saturated heterocycles. The van der Waals surface area contributed by atoms with E-state index in [0.29, 0.717) is 30.9 Å². The number of benzene rings is 1. The van der Waals surface area contributed by atoms with E-state index >= 15 is 0 Å². The minimum Gasteiger partial charge on any atom is -0.484 e. The molecular weight excluding hydrogens is 376 g/mol. The summed E-state index contributed by atoms with van der Waals surface area (Å²) in [6, 6.07) is 6.83. The van der Waals surface area contributed by atoms with Crippen molar-refractivity contribution in [3.63, 3.8) is 0 Å². The summed E-state index contributed by atoms with van der Waals surface area (Å²) in [7, 11) is 0. The van der Waals surface area contributed by atoms with Crippen molar-refractivity contribution in [2.45, 2.75) is 32.8 Å². The van der Waals surface area contributed by atoms with Crippen molar-refractivity contribution < 1.29 is 23.9 Å². The van der Waals surface area contributed by atoms with E-state index in [-0.39, 0.29) is 18.6 Å². The van der Waals surface area contributed by atoms with Gasteiger partial charge in [-0.05, 0) is 56.5 Å². The van der Waals surface area contributed by atoms with Crippen LogP contribution in [0.25, 0.3) is 0 Å². The van der Waals surface area contributed by atoms with Gasteiger partial charge in [0, 0.05) is 26.2 Å². The van der Waals surface area contributed by atoms with E-state index in [1.54, 1.807) is 38.1 Å². The average Bonchev–Trinajstić information content (AvgIpc) is 3.26. The molecule has 2 rings (SSSR count). The van der Waals surface area contributed by atoms with Crippen LogP contribution in [0, 0.1) is 0 Å². The predicted molar refractivity (Wildman–Crippen MR) is 108 cm³/mol. The fourth-order valence-electron chi connectivity index (χ4n) is 2.75. The maximum atomic E-state index is 11.8. The second kappa shape index (κ2) is 11.8. The summed E-state index contributed by atoms with van der Waals surface area (Å²) >= 11 is 0. The molecule has 2 N–H and O–H groups in total. The highest BCUT2D eigenvalue weighted by Crippen LogP contribution is 2.12. The Bertz CT molecular complexity index is 710. The zero-order chi connectivity index (χ0) is 21.1. The van der Waals surface area contributed by atoms with Gasteiger partial charge >= 0.3 is 11.8 Å². The quantitative estimate of drug-likeness (QED) is 0.357. The molecule has 1 aliphatic heterocycles. The van der Waals surface area contributed by atoms with Crippen LogP contribution in [-0.4, -0.2) is 67.8 Å². The molecule has 158 valence electrons. The van der Waals surface area contributed by atoms with Crippen LogP contribution < -0.4 is 15.5 Å². The van der Waals surface area contributed by atoms with Crippen molar-refractivity contribution in [3.8, 4) is 5.75 Å². The Morgan fingerprint density at radius 3 is 2.59 bits per heavy atom. The van der Waals surface area contributed by atoms with Gasteiger partial charge in [0.1, 0.15) is 5.75 Å². The summed E-state index contributed by atoms with van der Waals surface area (Å²) < 4.78 is 10.9. The number of ether oxygens (including phenoxy) is 2. The van der Waals surface area contributed by atoms with Crippen molar-refractivity contribution >= 4 is 23.9 Å². The van der Waals surface area contributed by atoms with E-state index in [4.69, 9.17) is 9.47 Å². The monoisotopic (exact) mass is 404 g/mol. The molecule has 1 atom stereocenters. The summed E-state index contributed by atoms with van der Waals surface area (Å²) in [6.07, 6.45) is 3.52. The molecule has 1 aromatic rings. The van der Waals surface area contributed by atoms with Crippen LogP contribution in [0.15, 0.2) is 29.4 Å². The third-order valence-electron chi connectivity index (χ3n) is 4.43. The average molecular weight is 404 g/mol. The first-order chi connectivity index (χ1) is 14.0. The zero-order valence-corrected chi connectivity index (χ0v) is 16.8.